The van der Waals surface area contributed by atoms with Crippen LogP contribution in [0.3, 0.4) is 0 Å². The minimum absolute atomic E-state index is 0.126. The molecule has 1 aliphatic carbocycles. The van der Waals surface area contributed by atoms with E-state index in [-0.39, 0.29) is 17.3 Å². The fourth-order valence-electron chi connectivity index (χ4n) is 3.79. The van der Waals surface area contributed by atoms with E-state index in [0.29, 0.717) is 22.3 Å². The number of carbonyl (C=O) groups excluding carboxylic acids is 1. The predicted octanol–water partition coefficient (Wildman–Crippen LogP) is 3.85. The summed E-state index contributed by atoms with van der Waals surface area (Å²) in [7, 11) is 0. The summed E-state index contributed by atoms with van der Waals surface area (Å²) in [6, 6.07) is 7.00. The Balaban J connectivity index is 1.64. The van der Waals surface area contributed by atoms with Gasteiger partial charge in [-0.3, -0.25) is 9.36 Å². The van der Waals surface area contributed by atoms with Crippen LogP contribution in [0.2, 0.25) is 5.02 Å². The highest BCUT2D eigenvalue weighted by Crippen LogP contribution is 2.29. The van der Waals surface area contributed by atoms with Crippen LogP contribution in [0.15, 0.2) is 34.1 Å². The first kappa shape index (κ1) is 22.8. The number of nitrogens with zero attached hydrogens (tertiary/aromatic N) is 3. The molecule has 0 fully saturated rings. The van der Waals surface area contributed by atoms with Crippen LogP contribution in [-0.2, 0) is 24.2 Å². The number of benzene rings is 1. The molecule has 0 radical (unpaired) electrons. The van der Waals surface area contributed by atoms with Crippen molar-refractivity contribution in [1.82, 2.24) is 14.5 Å². The van der Waals surface area contributed by atoms with Gasteiger partial charge in [-0.25, -0.2) is 4.79 Å². The molecule has 1 heterocycles. The summed E-state index contributed by atoms with van der Waals surface area (Å²) in [6.07, 6.45) is 3.79. The van der Waals surface area contributed by atoms with Gasteiger partial charge in [-0.05, 0) is 69.6 Å². The number of hydrogen-bond acceptors (Lipinski definition) is 5. The molecule has 1 aromatic carbocycles. The lowest BCUT2D eigenvalue weighted by Crippen LogP contribution is -2.30. The minimum Gasteiger partial charge on any atom is -0.325 e. The maximum atomic E-state index is 12.7. The molecule has 0 spiro atoms. The molecule has 3 rings (SSSR count). The van der Waals surface area contributed by atoms with Gasteiger partial charge in [0, 0.05) is 28.5 Å². The number of anilines is 1. The van der Waals surface area contributed by atoms with Crippen molar-refractivity contribution in [3.8, 4) is 0 Å². The number of amides is 1. The first-order chi connectivity index (χ1) is 14.5. The maximum absolute atomic E-state index is 12.7. The Kier molecular flexibility index (Phi) is 8.36. The third-order valence-electron chi connectivity index (χ3n) is 5.42. The summed E-state index contributed by atoms with van der Waals surface area (Å²) in [5.74, 6) is 0.0901. The Bertz CT molecular complexity index is 926. The number of thioether (sulfide) groups is 1. The van der Waals surface area contributed by atoms with Gasteiger partial charge in [-0.15, -0.1) is 0 Å². The molecule has 1 amide bonds. The molecule has 0 atom stereocenters. The molecule has 30 heavy (non-hydrogen) atoms. The summed E-state index contributed by atoms with van der Waals surface area (Å²) in [5, 5.41) is 4.18. The monoisotopic (exact) mass is 448 g/mol. The van der Waals surface area contributed by atoms with E-state index in [1.807, 2.05) is 4.57 Å². The number of carbonyl (C=O) groups is 1. The van der Waals surface area contributed by atoms with Crippen LogP contribution in [0.5, 0.6) is 0 Å². The van der Waals surface area contributed by atoms with Gasteiger partial charge in [0.2, 0.25) is 5.91 Å². The Morgan fingerprint density at radius 1 is 1.23 bits per heavy atom. The first-order valence-corrected chi connectivity index (χ1v) is 11.9. The molecule has 6 nitrogen and oxygen atoms in total. The van der Waals surface area contributed by atoms with Crippen LogP contribution in [0.1, 0.15) is 37.9 Å². The van der Waals surface area contributed by atoms with Crippen LogP contribution < -0.4 is 11.0 Å². The van der Waals surface area contributed by atoms with Crippen LogP contribution in [0.4, 0.5) is 5.69 Å². The van der Waals surface area contributed by atoms with E-state index in [4.69, 9.17) is 11.6 Å². The largest absolute Gasteiger partial charge is 0.348 e. The van der Waals surface area contributed by atoms with Crippen LogP contribution in [-0.4, -0.2) is 45.7 Å². The zero-order chi connectivity index (χ0) is 21.5. The molecular formula is C22H29ClN4O2S. The molecule has 162 valence electrons. The Morgan fingerprint density at radius 3 is 2.67 bits per heavy atom. The lowest BCUT2D eigenvalue weighted by atomic mass is 10.2. The van der Waals surface area contributed by atoms with Gasteiger partial charge in [0.15, 0.2) is 0 Å². The lowest BCUT2D eigenvalue weighted by molar-refractivity contribution is -0.113. The summed E-state index contributed by atoms with van der Waals surface area (Å²) < 4.78 is 1.85. The molecule has 1 aromatic heterocycles. The van der Waals surface area contributed by atoms with Crippen molar-refractivity contribution >= 4 is 35.0 Å². The van der Waals surface area contributed by atoms with E-state index in [0.717, 1.165) is 56.6 Å². The Morgan fingerprint density at radius 2 is 1.97 bits per heavy atom. The quantitative estimate of drug-likeness (QED) is 0.441. The fraction of sp³-hybridized carbons (Fsp3) is 0.500. The van der Waals surface area contributed by atoms with E-state index in [2.05, 4.69) is 29.0 Å². The van der Waals surface area contributed by atoms with E-state index >= 15 is 0 Å². The van der Waals surface area contributed by atoms with Gasteiger partial charge in [-0.1, -0.05) is 37.2 Å². The second kappa shape index (κ2) is 11.0. The molecule has 1 N–H and O–H groups in total. The standard InChI is InChI=1S/C22H29ClN4O2S/c1-3-26(4-2)13-6-14-27-19-8-5-7-18(19)21(25-22(27)29)30-15-20(28)24-17-11-9-16(23)10-12-17/h9-12H,3-8,13-15H2,1-2H3,(H,24,28). The average Bonchev–Trinajstić information content (AvgIpc) is 3.23. The Hall–Kier alpha value is -1.83. The second-order valence-corrected chi connectivity index (χ2v) is 8.75. The van der Waals surface area contributed by atoms with Crippen molar-refractivity contribution in [3.05, 3.63) is 51.0 Å². The fourth-order valence-corrected chi connectivity index (χ4v) is 4.80. The average molecular weight is 449 g/mol. The van der Waals surface area contributed by atoms with E-state index in [9.17, 15) is 9.59 Å². The zero-order valence-electron chi connectivity index (χ0n) is 17.6. The van der Waals surface area contributed by atoms with Gasteiger partial charge in [0.05, 0.1) is 5.75 Å². The normalized spacial score (nSPS) is 12.9. The van der Waals surface area contributed by atoms with Crippen molar-refractivity contribution in [3.63, 3.8) is 0 Å². The lowest BCUT2D eigenvalue weighted by Gasteiger charge is -2.19. The van der Waals surface area contributed by atoms with Crippen LogP contribution in [0.25, 0.3) is 0 Å². The molecule has 0 saturated carbocycles. The van der Waals surface area contributed by atoms with Crippen LogP contribution in [0, 0.1) is 0 Å². The number of rotatable bonds is 10. The number of hydrogen-bond donors (Lipinski definition) is 1. The summed E-state index contributed by atoms with van der Waals surface area (Å²) >= 11 is 7.22. The van der Waals surface area contributed by atoms with Crippen molar-refractivity contribution in [2.24, 2.45) is 0 Å². The third-order valence-corrected chi connectivity index (χ3v) is 6.69. The van der Waals surface area contributed by atoms with Crippen LogP contribution >= 0.6 is 23.4 Å². The van der Waals surface area contributed by atoms with Gasteiger partial charge < -0.3 is 10.2 Å². The number of halogens is 1. The molecule has 0 saturated heterocycles. The van der Waals surface area contributed by atoms with Gasteiger partial charge in [0.25, 0.3) is 0 Å². The third kappa shape index (κ3) is 5.86. The Labute approximate surface area is 187 Å². The van der Waals surface area contributed by atoms with Crippen molar-refractivity contribution in [2.45, 2.75) is 51.1 Å². The highest BCUT2D eigenvalue weighted by molar-refractivity contribution is 8.00. The topological polar surface area (TPSA) is 67.2 Å². The first-order valence-electron chi connectivity index (χ1n) is 10.5. The predicted molar refractivity (Wildman–Crippen MR) is 124 cm³/mol. The second-order valence-electron chi connectivity index (χ2n) is 7.35. The van der Waals surface area contributed by atoms with Crippen molar-refractivity contribution in [2.75, 3.05) is 30.7 Å². The molecule has 1 aliphatic rings. The zero-order valence-corrected chi connectivity index (χ0v) is 19.2. The minimum atomic E-state index is -0.198. The molecular weight excluding hydrogens is 420 g/mol. The van der Waals surface area contributed by atoms with E-state index < -0.39 is 0 Å². The smallest absolute Gasteiger partial charge is 0.325 e. The van der Waals surface area contributed by atoms with Gasteiger partial charge in [-0.2, -0.15) is 4.98 Å². The molecule has 0 bridgehead atoms. The SMILES string of the molecule is CCN(CC)CCCn1c2c(c(SCC(=O)Nc3ccc(Cl)cc3)nc1=O)CCC2. The van der Waals surface area contributed by atoms with Gasteiger partial charge >= 0.3 is 5.69 Å². The summed E-state index contributed by atoms with van der Waals surface area (Å²) in [4.78, 5) is 31.7. The number of aromatic nitrogens is 2. The van der Waals surface area contributed by atoms with Crippen molar-refractivity contribution < 1.29 is 4.79 Å². The van der Waals surface area contributed by atoms with Gasteiger partial charge in [0.1, 0.15) is 5.03 Å². The van der Waals surface area contributed by atoms with E-state index in [1.165, 1.54) is 11.8 Å². The highest BCUT2D eigenvalue weighted by atomic mass is 35.5. The summed E-state index contributed by atoms with van der Waals surface area (Å²) in [5.41, 5.74) is 2.75. The molecule has 0 unspecified atom stereocenters. The highest BCUT2D eigenvalue weighted by Gasteiger charge is 2.22. The number of nitrogens with one attached hydrogen (secondary N) is 1. The maximum Gasteiger partial charge on any atom is 0.348 e. The molecule has 2 aromatic rings. The number of fused-ring (bicyclic) bond motifs is 1. The van der Waals surface area contributed by atoms with E-state index in [1.54, 1.807) is 24.3 Å². The molecule has 8 heteroatoms. The summed E-state index contributed by atoms with van der Waals surface area (Å²) in [6.45, 7) is 8.04. The molecule has 0 aliphatic heterocycles. The van der Waals surface area contributed by atoms with Crippen molar-refractivity contribution in [1.29, 1.82) is 0 Å².